The first kappa shape index (κ1) is 13.0. The van der Waals surface area contributed by atoms with E-state index in [0.29, 0.717) is 0 Å². The number of hydrogen-bond acceptors (Lipinski definition) is 6. The van der Waals surface area contributed by atoms with Gasteiger partial charge in [-0.15, -0.1) is 0 Å². The van der Waals surface area contributed by atoms with E-state index in [-0.39, 0.29) is 0 Å². The highest BCUT2D eigenvalue weighted by Crippen LogP contribution is 2.15. The molecule has 0 aromatic carbocycles. The normalized spacial score (nSPS) is 16.1. The maximum atomic E-state index is 5.34. The second-order valence-electron chi connectivity index (χ2n) is 4.59. The Kier molecular flexibility index (Phi) is 4.72. The zero-order valence-electron chi connectivity index (χ0n) is 11.1. The molecule has 1 aliphatic rings. The minimum atomic E-state index is 0.771. The Morgan fingerprint density at radius 1 is 1.33 bits per heavy atom. The quantitative estimate of drug-likeness (QED) is 0.811. The highest BCUT2D eigenvalue weighted by atomic mass is 16.5. The van der Waals surface area contributed by atoms with Crippen LogP contribution in [-0.2, 0) is 4.74 Å². The lowest BCUT2D eigenvalue weighted by Crippen LogP contribution is -2.36. The van der Waals surface area contributed by atoms with Crippen LogP contribution in [-0.4, -0.2) is 68.4 Å². The van der Waals surface area contributed by atoms with Gasteiger partial charge in [-0.1, -0.05) is 0 Å². The number of nitrogens with one attached hydrogen (secondary N) is 1. The largest absolute Gasteiger partial charge is 0.378 e. The first-order chi connectivity index (χ1) is 8.75. The Hall–Kier alpha value is -1.40. The Morgan fingerprint density at radius 2 is 2.11 bits per heavy atom. The fraction of sp³-hybridized carbons (Fsp3) is 0.667. The SMILES string of the molecule is CN(C)CCNc1cc(N2CCOCC2)ncn1. The molecule has 1 aromatic rings. The molecule has 0 radical (unpaired) electrons. The van der Waals surface area contributed by atoms with Gasteiger partial charge in [0, 0.05) is 32.2 Å². The van der Waals surface area contributed by atoms with Crippen LogP contribution in [0.3, 0.4) is 0 Å². The third-order valence-corrected chi connectivity index (χ3v) is 2.85. The molecule has 18 heavy (non-hydrogen) atoms. The molecule has 6 heteroatoms. The van der Waals surface area contributed by atoms with Crippen molar-refractivity contribution in [2.45, 2.75) is 0 Å². The van der Waals surface area contributed by atoms with Gasteiger partial charge in [-0.25, -0.2) is 9.97 Å². The molecule has 0 aliphatic carbocycles. The molecule has 0 amide bonds. The summed E-state index contributed by atoms with van der Waals surface area (Å²) in [6.07, 6.45) is 1.61. The smallest absolute Gasteiger partial charge is 0.134 e. The monoisotopic (exact) mass is 251 g/mol. The summed E-state index contributed by atoms with van der Waals surface area (Å²) in [5, 5.41) is 3.30. The summed E-state index contributed by atoms with van der Waals surface area (Å²) in [6, 6.07) is 2.00. The molecule has 0 saturated carbocycles. The fourth-order valence-corrected chi connectivity index (χ4v) is 1.82. The molecule has 0 unspecified atom stereocenters. The molecule has 1 aliphatic heterocycles. The topological polar surface area (TPSA) is 53.5 Å². The van der Waals surface area contributed by atoms with Crippen LogP contribution in [0, 0.1) is 0 Å². The Labute approximate surface area is 108 Å². The standard InChI is InChI=1S/C12H21N5O/c1-16(2)4-3-13-11-9-12(15-10-14-11)17-5-7-18-8-6-17/h9-10H,3-8H2,1-2H3,(H,13,14,15). The summed E-state index contributed by atoms with van der Waals surface area (Å²) in [4.78, 5) is 12.9. The highest BCUT2D eigenvalue weighted by Gasteiger charge is 2.12. The van der Waals surface area contributed by atoms with Crippen LogP contribution in [0.25, 0.3) is 0 Å². The zero-order valence-corrected chi connectivity index (χ0v) is 11.1. The van der Waals surface area contributed by atoms with Gasteiger partial charge in [-0.05, 0) is 14.1 Å². The molecule has 1 N–H and O–H groups in total. The minimum absolute atomic E-state index is 0.771. The number of hydrogen-bond donors (Lipinski definition) is 1. The zero-order chi connectivity index (χ0) is 12.8. The molecular formula is C12H21N5O. The van der Waals surface area contributed by atoms with Gasteiger partial charge in [-0.2, -0.15) is 0 Å². The second kappa shape index (κ2) is 6.51. The van der Waals surface area contributed by atoms with E-state index in [9.17, 15) is 0 Å². The van der Waals surface area contributed by atoms with Gasteiger partial charge in [0.1, 0.15) is 18.0 Å². The van der Waals surface area contributed by atoms with Crippen LogP contribution < -0.4 is 10.2 Å². The van der Waals surface area contributed by atoms with Crippen LogP contribution in [0.4, 0.5) is 11.6 Å². The molecule has 2 rings (SSSR count). The number of morpholine rings is 1. The minimum Gasteiger partial charge on any atom is -0.378 e. The van der Waals surface area contributed by atoms with Gasteiger partial charge in [0.25, 0.3) is 0 Å². The van der Waals surface area contributed by atoms with E-state index in [2.05, 4.69) is 39.2 Å². The van der Waals surface area contributed by atoms with Crippen LogP contribution >= 0.6 is 0 Å². The molecule has 1 fully saturated rings. The van der Waals surface area contributed by atoms with Crippen molar-refractivity contribution in [1.29, 1.82) is 0 Å². The number of rotatable bonds is 5. The average Bonchev–Trinajstić information content (AvgIpc) is 2.40. The maximum Gasteiger partial charge on any atom is 0.134 e. The van der Waals surface area contributed by atoms with Crippen molar-refractivity contribution in [2.24, 2.45) is 0 Å². The maximum absolute atomic E-state index is 5.34. The van der Waals surface area contributed by atoms with Crippen LogP contribution in [0.5, 0.6) is 0 Å². The van der Waals surface area contributed by atoms with Gasteiger partial charge in [0.2, 0.25) is 0 Å². The number of ether oxygens (including phenoxy) is 1. The van der Waals surface area contributed by atoms with Crippen LogP contribution in [0.2, 0.25) is 0 Å². The van der Waals surface area contributed by atoms with E-state index in [1.54, 1.807) is 6.33 Å². The van der Waals surface area contributed by atoms with E-state index in [4.69, 9.17) is 4.74 Å². The second-order valence-corrected chi connectivity index (χ2v) is 4.59. The molecule has 100 valence electrons. The van der Waals surface area contributed by atoms with Crippen molar-refractivity contribution in [3.05, 3.63) is 12.4 Å². The molecular weight excluding hydrogens is 230 g/mol. The molecule has 1 aromatic heterocycles. The molecule has 0 atom stereocenters. The molecule has 1 saturated heterocycles. The highest BCUT2D eigenvalue weighted by molar-refractivity contribution is 5.48. The van der Waals surface area contributed by atoms with E-state index < -0.39 is 0 Å². The van der Waals surface area contributed by atoms with Gasteiger partial charge >= 0.3 is 0 Å². The molecule has 2 heterocycles. The van der Waals surface area contributed by atoms with Crippen molar-refractivity contribution < 1.29 is 4.74 Å². The van der Waals surface area contributed by atoms with E-state index >= 15 is 0 Å². The Morgan fingerprint density at radius 3 is 2.83 bits per heavy atom. The number of likely N-dealkylation sites (N-methyl/N-ethyl adjacent to an activating group) is 1. The van der Waals surface area contributed by atoms with Crippen LogP contribution in [0.1, 0.15) is 0 Å². The van der Waals surface area contributed by atoms with E-state index in [0.717, 1.165) is 51.0 Å². The number of nitrogens with zero attached hydrogens (tertiary/aromatic N) is 4. The van der Waals surface area contributed by atoms with Crippen molar-refractivity contribution in [2.75, 3.05) is 63.7 Å². The molecule has 0 spiro atoms. The summed E-state index contributed by atoms with van der Waals surface area (Å²) in [5.41, 5.74) is 0. The Bertz CT molecular complexity index is 365. The first-order valence-electron chi connectivity index (χ1n) is 6.29. The lowest BCUT2D eigenvalue weighted by molar-refractivity contribution is 0.122. The van der Waals surface area contributed by atoms with Crippen molar-refractivity contribution in [3.63, 3.8) is 0 Å². The first-order valence-corrected chi connectivity index (χ1v) is 6.29. The van der Waals surface area contributed by atoms with Crippen molar-refractivity contribution in [1.82, 2.24) is 14.9 Å². The predicted molar refractivity (Wildman–Crippen MR) is 72.1 cm³/mol. The van der Waals surface area contributed by atoms with Gasteiger partial charge in [-0.3, -0.25) is 0 Å². The van der Waals surface area contributed by atoms with Crippen molar-refractivity contribution in [3.8, 4) is 0 Å². The van der Waals surface area contributed by atoms with E-state index in [1.165, 1.54) is 0 Å². The third-order valence-electron chi connectivity index (χ3n) is 2.85. The lowest BCUT2D eigenvalue weighted by atomic mass is 10.4. The Balaban J connectivity index is 1.91. The summed E-state index contributed by atoms with van der Waals surface area (Å²) in [5.74, 6) is 1.86. The molecule has 6 nitrogen and oxygen atoms in total. The van der Waals surface area contributed by atoms with Crippen molar-refractivity contribution >= 4 is 11.6 Å². The number of anilines is 2. The summed E-state index contributed by atoms with van der Waals surface area (Å²) >= 11 is 0. The van der Waals surface area contributed by atoms with Gasteiger partial charge < -0.3 is 19.9 Å². The predicted octanol–water partition coefficient (Wildman–Crippen LogP) is 0.287. The third kappa shape index (κ3) is 3.82. The fourth-order valence-electron chi connectivity index (χ4n) is 1.82. The van der Waals surface area contributed by atoms with E-state index in [1.807, 2.05) is 6.07 Å². The van der Waals surface area contributed by atoms with Crippen LogP contribution in [0.15, 0.2) is 12.4 Å². The lowest BCUT2D eigenvalue weighted by Gasteiger charge is -2.27. The summed E-state index contributed by atoms with van der Waals surface area (Å²) in [7, 11) is 4.11. The summed E-state index contributed by atoms with van der Waals surface area (Å²) in [6.45, 7) is 5.20. The van der Waals surface area contributed by atoms with Gasteiger partial charge in [0.05, 0.1) is 13.2 Å². The van der Waals surface area contributed by atoms with Gasteiger partial charge in [0.15, 0.2) is 0 Å². The average molecular weight is 251 g/mol. The number of aromatic nitrogens is 2. The molecule has 0 bridgehead atoms. The summed E-state index contributed by atoms with van der Waals surface area (Å²) < 4.78 is 5.34.